The molecule has 0 aromatic heterocycles. The predicted molar refractivity (Wildman–Crippen MR) is 159 cm³/mol. The third-order valence-corrected chi connectivity index (χ3v) is 11.4. The molecule has 4 bridgehead atoms. The van der Waals surface area contributed by atoms with E-state index in [4.69, 9.17) is 23.7 Å². The molecule has 0 aliphatic carbocycles. The molecule has 11 nitrogen and oxygen atoms in total. The molecule has 5 heterocycles. The molecule has 2 fully saturated rings. The van der Waals surface area contributed by atoms with E-state index in [-0.39, 0.29) is 54.4 Å². The van der Waals surface area contributed by atoms with Gasteiger partial charge in [-0.05, 0) is 38.4 Å². The van der Waals surface area contributed by atoms with Crippen LogP contribution in [0.5, 0.6) is 28.7 Å². The molecule has 3 unspecified atom stereocenters. The van der Waals surface area contributed by atoms with E-state index >= 15 is 0 Å². The fourth-order valence-electron chi connectivity index (χ4n) is 8.06. The molecule has 0 spiro atoms. The molecule has 2 saturated heterocycles. The number of cyclic esters (lactones) is 1. The molecule has 5 aliphatic rings. The Bertz CT molecular complexity index is 1640. The van der Waals surface area contributed by atoms with E-state index in [1.807, 2.05) is 27.8 Å². The Hall–Kier alpha value is -3.66. The molecule has 232 valence electrons. The van der Waals surface area contributed by atoms with Crippen LogP contribution in [0.4, 0.5) is 0 Å². The Morgan fingerprint density at radius 1 is 1.16 bits per heavy atom. The second-order valence-corrected chi connectivity index (χ2v) is 13.5. The molecular weight excluding hydrogens is 586 g/mol. The van der Waals surface area contributed by atoms with Gasteiger partial charge in [0.25, 0.3) is 0 Å². The van der Waals surface area contributed by atoms with Crippen LogP contribution >= 0.6 is 11.8 Å². The van der Waals surface area contributed by atoms with E-state index in [2.05, 4.69) is 21.9 Å². The van der Waals surface area contributed by atoms with Gasteiger partial charge in [0.1, 0.15) is 18.4 Å². The molecule has 2 aromatic carbocycles. The van der Waals surface area contributed by atoms with Gasteiger partial charge in [-0.2, -0.15) is 17.0 Å². The Balaban J connectivity index is 1.56. The van der Waals surface area contributed by atoms with E-state index in [1.165, 1.54) is 6.92 Å². The highest BCUT2D eigenvalue weighted by Gasteiger charge is 2.60. The van der Waals surface area contributed by atoms with Gasteiger partial charge in [-0.1, -0.05) is 13.0 Å². The number of piperazine rings is 1. The monoisotopic (exact) mass is 621 g/mol. The first-order valence-electron chi connectivity index (χ1n) is 14.8. The van der Waals surface area contributed by atoms with E-state index in [0.717, 1.165) is 22.3 Å². The Morgan fingerprint density at radius 2 is 1.91 bits per heavy atom. The number of fused-ring (bicyclic) bond motifs is 9. The van der Waals surface area contributed by atoms with Crippen molar-refractivity contribution in [2.45, 2.75) is 69.6 Å². The number of aryl methyl sites for hydroxylation is 1. The molecule has 12 heteroatoms. The molecule has 0 radical (unpaired) electrons. The lowest BCUT2D eigenvalue weighted by atomic mass is 9.71. The van der Waals surface area contributed by atoms with Gasteiger partial charge in [0, 0.05) is 47.0 Å². The first-order valence-corrected chi connectivity index (χ1v) is 15.8. The summed E-state index contributed by atoms with van der Waals surface area (Å²) in [4.78, 5) is 30.0. The van der Waals surface area contributed by atoms with Crippen LogP contribution in [0.15, 0.2) is 6.07 Å². The zero-order valence-corrected chi connectivity index (χ0v) is 26.3. The zero-order chi connectivity index (χ0) is 31.2. The Labute approximate surface area is 259 Å². The van der Waals surface area contributed by atoms with Crippen molar-refractivity contribution in [3.8, 4) is 34.8 Å². The molecule has 2 aromatic rings. The summed E-state index contributed by atoms with van der Waals surface area (Å²) in [6.07, 6.45) is 0.542. The third-order valence-electron chi connectivity index (χ3n) is 9.86. The number of rotatable bonds is 2. The zero-order valence-electron chi connectivity index (χ0n) is 25.5. The van der Waals surface area contributed by atoms with Crippen LogP contribution in [0, 0.1) is 31.1 Å². The van der Waals surface area contributed by atoms with Crippen LogP contribution in [0.25, 0.3) is 0 Å². The van der Waals surface area contributed by atoms with Crippen molar-refractivity contribution >= 4 is 23.7 Å². The third kappa shape index (κ3) is 3.95. The number of ether oxygens (including phenoxy) is 5. The lowest BCUT2D eigenvalue weighted by Crippen LogP contribution is -2.69. The van der Waals surface area contributed by atoms with Crippen LogP contribution < -0.4 is 18.9 Å². The van der Waals surface area contributed by atoms with E-state index < -0.39 is 18.1 Å². The molecule has 7 rings (SSSR count). The normalized spacial score (nSPS) is 30.4. The number of hydrogen-bond donors (Lipinski definition) is 1. The second-order valence-electron chi connectivity index (χ2n) is 12.3. The summed E-state index contributed by atoms with van der Waals surface area (Å²) in [5.41, 5.74) is 4.70. The number of carbonyl (C=O) groups is 2. The fraction of sp³-hybridized carbons (Fsp3) is 0.531. The maximum Gasteiger partial charge on any atom is 0.309 e. The van der Waals surface area contributed by atoms with Crippen LogP contribution in [0.3, 0.4) is 0 Å². The van der Waals surface area contributed by atoms with Gasteiger partial charge in [-0.3, -0.25) is 19.4 Å². The van der Waals surface area contributed by atoms with Crippen molar-refractivity contribution < 1.29 is 38.4 Å². The number of carbonyl (C=O) groups excluding carboxylic acids is 2. The van der Waals surface area contributed by atoms with Gasteiger partial charge in [0.05, 0.1) is 36.4 Å². The number of aromatic hydroxyl groups is 1. The lowest BCUT2D eigenvalue weighted by Gasteiger charge is -2.61. The predicted octanol–water partition coefficient (Wildman–Crippen LogP) is 3.87. The van der Waals surface area contributed by atoms with Crippen molar-refractivity contribution in [3.63, 3.8) is 0 Å². The summed E-state index contributed by atoms with van der Waals surface area (Å²) in [5.74, 6) is 1.17. The Morgan fingerprint density at radius 3 is 2.61 bits per heavy atom. The molecule has 44 heavy (non-hydrogen) atoms. The maximum atomic E-state index is 13.1. The van der Waals surface area contributed by atoms with Crippen molar-refractivity contribution in [3.05, 3.63) is 39.4 Å². The quantitative estimate of drug-likeness (QED) is 0.386. The number of esters is 2. The summed E-state index contributed by atoms with van der Waals surface area (Å²) in [7, 11) is 3.55. The van der Waals surface area contributed by atoms with Gasteiger partial charge < -0.3 is 28.8 Å². The van der Waals surface area contributed by atoms with Crippen molar-refractivity contribution in [2.75, 3.05) is 33.3 Å². The summed E-state index contributed by atoms with van der Waals surface area (Å²) >= 11 is 1.57. The number of likely N-dealkylation sites (N-methyl/N-ethyl adjacent to an activating group) is 1. The minimum absolute atomic E-state index is 0.00697. The molecule has 0 saturated carbocycles. The lowest BCUT2D eigenvalue weighted by molar-refractivity contribution is -0.153. The van der Waals surface area contributed by atoms with Crippen LogP contribution in [-0.2, 0) is 20.7 Å². The standard InChI is InChI=1S/C32H35N3O8S/c1-13-7-17-8-18-19(9-33)35-20-10-40-32(38)14(2)11-44-31(25(35)24(34(18)5)21(17)26(37)27(13)39-6)23-22(20)30-29(41-12-42-30)15(3)28(23)43-16(4)36/h7,14,18-20,24-25,31,37H,8,10-12H2,1-6H3/t14?,18-,19?,20+,24-,25?,31+/m0/s1. The minimum Gasteiger partial charge on any atom is -0.504 e. The highest BCUT2D eigenvalue weighted by molar-refractivity contribution is 7.99. The fourth-order valence-corrected chi connectivity index (χ4v) is 9.58. The first-order chi connectivity index (χ1) is 21.1. The Kier molecular flexibility index (Phi) is 6.91. The smallest absolute Gasteiger partial charge is 0.309 e. The highest BCUT2D eigenvalue weighted by atomic mass is 32.2. The van der Waals surface area contributed by atoms with E-state index in [9.17, 15) is 20.0 Å². The summed E-state index contributed by atoms with van der Waals surface area (Å²) < 4.78 is 29.6. The molecule has 7 atom stereocenters. The van der Waals surface area contributed by atoms with Crippen molar-refractivity contribution in [2.24, 2.45) is 5.92 Å². The largest absolute Gasteiger partial charge is 0.504 e. The van der Waals surface area contributed by atoms with Gasteiger partial charge in [0.15, 0.2) is 23.0 Å². The number of thioether (sulfide) groups is 1. The van der Waals surface area contributed by atoms with Gasteiger partial charge in [-0.25, -0.2) is 0 Å². The van der Waals surface area contributed by atoms with Crippen LogP contribution in [0.1, 0.15) is 64.6 Å². The summed E-state index contributed by atoms with van der Waals surface area (Å²) in [6, 6.07) is 2.50. The molecule has 0 amide bonds. The number of phenolic OH excluding ortho intramolecular Hbond substituents is 1. The van der Waals surface area contributed by atoms with Gasteiger partial charge in [0.2, 0.25) is 6.79 Å². The number of benzene rings is 2. The van der Waals surface area contributed by atoms with Gasteiger partial charge >= 0.3 is 11.9 Å². The average molecular weight is 622 g/mol. The number of phenols is 1. The maximum absolute atomic E-state index is 13.1. The summed E-state index contributed by atoms with van der Waals surface area (Å²) in [6.45, 7) is 6.93. The topological polar surface area (TPSA) is 131 Å². The van der Waals surface area contributed by atoms with E-state index in [1.54, 1.807) is 18.9 Å². The molecular formula is C32H35N3O8S. The first kappa shape index (κ1) is 29.1. The van der Waals surface area contributed by atoms with Crippen molar-refractivity contribution in [1.29, 1.82) is 5.26 Å². The summed E-state index contributed by atoms with van der Waals surface area (Å²) in [5, 5.41) is 22.2. The molecule has 1 N–H and O–H groups in total. The second kappa shape index (κ2) is 10.5. The van der Waals surface area contributed by atoms with Crippen molar-refractivity contribution in [1.82, 2.24) is 9.80 Å². The van der Waals surface area contributed by atoms with Gasteiger partial charge in [-0.15, -0.1) is 0 Å². The molecule has 5 aliphatic heterocycles. The SMILES string of the molecule is COc1c(C)cc2c(c1O)[C@H]1C3[C@@H]4SCC(C)C(=O)OC[C@H](c5c6c(c(C)c(OC(C)=O)c54)OCO6)N3C(C#N)[C@H](C2)N1C. The number of methoxy groups -OCH3 is 1. The van der Waals surface area contributed by atoms with Crippen LogP contribution in [-0.4, -0.2) is 78.3 Å². The van der Waals surface area contributed by atoms with E-state index in [0.29, 0.717) is 46.3 Å². The number of nitrogens with zero attached hydrogens (tertiary/aromatic N) is 3. The number of nitriles is 1. The minimum atomic E-state index is -0.606. The number of hydrogen-bond acceptors (Lipinski definition) is 12. The highest BCUT2D eigenvalue weighted by Crippen LogP contribution is 2.64. The van der Waals surface area contributed by atoms with Crippen LogP contribution in [0.2, 0.25) is 0 Å². The average Bonchev–Trinajstić information content (AvgIpc) is 3.47.